The summed E-state index contributed by atoms with van der Waals surface area (Å²) in [6, 6.07) is 5.39. The molecular weight excluding hydrogens is 266 g/mol. The van der Waals surface area contributed by atoms with Gasteiger partial charge >= 0.3 is 6.03 Å². The minimum atomic E-state index is -0.185. The van der Waals surface area contributed by atoms with Crippen LogP contribution in [0.15, 0.2) is 18.2 Å². The van der Waals surface area contributed by atoms with E-state index >= 15 is 0 Å². The Morgan fingerprint density at radius 1 is 1.14 bits per heavy atom. The Kier molecular flexibility index (Phi) is 3.82. The Hall–Kier alpha value is -2.04. The number of urea groups is 1. The van der Waals surface area contributed by atoms with Crippen molar-refractivity contribution in [2.24, 2.45) is 11.8 Å². The van der Waals surface area contributed by atoms with Crippen molar-refractivity contribution in [3.05, 3.63) is 23.8 Å². The second kappa shape index (κ2) is 5.76. The van der Waals surface area contributed by atoms with Gasteiger partial charge in [-0.15, -0.1) is 0 Å². The third-order valence-corrected chi connectivity index (χ3v) is 3.95. The highest BCUT2D eigenvalue weighted by Gasteiger charge is 2.29. The molecule has 2 fully saturated rings. The van der Waals surface area contributed by atoms with Gasteiger partial charge in [0, 0.05) is 23.8 Å². The van der Waals surface area contributed by atoms with Gasteiger partial charge in [0.05, 0.1) is 0 Å². The van der Waals surface area contributed by atoms with E-state index in [1.54, 1.807) is 0 Å². The van der Waals surface area contributed by atoms with Gasteiger partial charge in [0.2, 0.25) is 5.91 Å². The van der Waals surface area contributed by atoms with Crippen LogP contribution in [0.2, 0.25) is 0 Å². The maximum absolute atomic E-state index is 11.8. The normalized spacial score (nSPS) is 17.2. The van der Waals surface area contributed by atoms with Gasteiger partial charge < -0.3 is 16.0 Å². The van der Waals surface area contributed by atoms with E-state index in [2.05, 4.69) is 16.0 Å². The molecule has 5 heteroatoms. The third kappa shape index (κ3) is 3.97. The number of aryl methyl sites for hydroxylation is 1. The molecule has 0 atom stereocenters. The standard InChI is InChI=1S/C16H21N3O2/c1-10-2-7-13(18-15(20)12-5-6-12)8-14(10)19-16(21)17-9-11-3-4-11/h2,7-8,11-12H,3-6,9H2,1H3,(H,18,20)(H2,17,19,21). The van der Waals surface area contributed by atoms with E-state index in [-0.39, 0.29) is 17.9 Å². The molecule has 0 unspecified atom stereocenters. The van der Waals surface area contributed by atoms with Crippen molar-refractivity contribution in [3.63, 3.8) is 0 Å². The summed E-state index contributed by atoms with van der Waals surface area (Å²) in [5.41, 5.74) is 2.44. The maximum atomic E-state index is 11.8. The van der Waals surface area contributed by atoms with E-state index in [1.807, 2.05) is 25.1 Å². The van der Waals surface area contributed by atoms with Crippen LogP contribution in [0, 0.1) is 18.8 Å². The predicted molar refractivity (Wildman–Crippen MR) is 82.3 cm³/mol. The minimum absolute atomic E-state index is 0.0722. The molecule has 2 aliphatic rings. The zero-order chi connectivity index (χ0) is 14.8. The van der Waals surface area contributed by atoms with Gasteiger partial charge in [0.1, 0.15) is 0 Å². The van der Waals surface area contributed by atoms with E-state index < -0.39 is 0 Å². The Bertz CT molecular complexity index is 563. The Morgan fingerprint density at radius 2 is 1.90 bits per heavy atom. The molecule has 21 heavy (non-hydrogen) atoms. The summed E-state index contributed by atoms with van der Waals surface area (Å²) in [5.74, 6) is 0.897. The summed E-state index contributed by atoms with van der Waals surface area (Å²) in [6.07, 6.45) is 4.38. The molecule has 0 heterocycles. The number of nitrogens with one attached hydrogen (secondary N) is 3. The summed E-state index contributed by atoms with van der Waals surface area (Å²) in [5, 5.41) is 8.62. The van der Waals surface area contributed by atoms with Gasteiger partial charge in [0.15, 0.2) is 0 Å². The van der Waals surface area contributed by atoms with Crippen LogP contribution < -0.4 is 16.0 Å². The van der Waals surface area contributed by atoms with Crippen LogP contribution in [-0.2, 0) is 4.79 Å². The number of hydrogen-bond donors (Lipinski definition) is 3. The highest BCUT2D eigenvalue weighted by atomic mass is 16.2. The van der Waals surface area contributed by atoms with E-state index in [9.17, 15) is 9.59 Å². The number of hydrogen-bond acceptors (Lipinski definition) is 2. The third-order valence-electron chi connectivity index (χ3n) is 3.95. The molecule has 2 saturated carbocycles. The lowest BCUT2D eigenvalue weighted by atomic mass is 10.1. The second-order valence-electron chi connectivity index (χ2n) is 6.07. The molecule has 2 aliphatic carbocycles. The van der Waals surface area contributed by atoms with Crippen molar-refractivity contribution in [1.29, 1.82) is 0 Å². The zero-order valence-electron chi connectivity index (χ0n) is 12.2. The van der Waals surface area contributed by atoms with Crippen molar-refractivity contribution in [2.45, 2.75) is 32.6 Å². The molecule has 112 valence electrons. The van der Waals surface area contributed by atoms with Gasteiger partial charge in [0.25, 0.3) is 0 Å². The fraction of sp³-hybridized carbons (Fsp3) is 0.500. The number of amides is 3. The average molecular weight is 287 g/mol. The van der Waals surface area contributed by atoms with Crippen molar-refractivity contribution in [1.82, 2.24) is 5.32 Å². The highest BCUT2D eigenvalue weighted by Crippen LogP contribution is 2.31. The fourth-order valence-electron chi connectivity index (χ4n) is 2.15. The van der Waals surface area contributed by atoms with Gasteiger partial charge in [-0.3, -0.25) is 4.79 Å². The lowest BCUT2D eigenvalue weighted by Crippen LogP contribution is -2.30. The van der Waals surface area contributed by atoms with Crippen LogP contribution in [0.1, 0.15) is 31.2 Å². The van der Waals surface area contributed by atoms with E-state index in [0.29, 0.717) is 5.92 Å². The summed E-state index contributed by atoms with van der Waals surface area (Å²) in [6.45, 7) is 2.67. The van der Waals surface area contributed by atoms with Crippen LogP contribution in [0.5, 0.6) is 0 Å². The first kappa shape index (κ1) is 13.9. The fourth-order valence-corrected chi connectivity index (χ4v) is 2.15. The van der Waals surface area contributed by atoms with Crippen LogP contribution in [0.3, 0.4) is 0 Å². The maximum Gasteiger partial charge on any atom is 0.319 e. The zero-order valence-corrected chi connectivity index (χ0v) is 12.2. The number of benzene rings is 1. The van der Waals surface area contributed by atoms with Crippen LogP contribution in [0.4, 0.5) is 16.2 Å². The summed E-state index contributed by atoms with van der Waals surface area (Å²) in [4.78, 5) is 23.6. The first-order chi connectivity index (χ1) is 10.1. The first-order valence-electron chi connectivity index (χ1n) is 7.58. The quantitative estimate of drug-likeness (QED) is 0.779. The molecule has 0 aromatic heterocycles. The Balaban J connectivity index is 1.59. The first-order valence-corrected chi connectivity index (χ1v) is 7.58. The molecule has 0 radical (unpaired) electrons. The lowest BCUT2D eigenvalue weighted by molar-refractivity contribution is -0.117. The van der Waals surface area contributed by atoms with Gasteiger partial charge in [-0.25, -0.2) is 4.79 Å². The Morgan fingerprint density at radius 3 is 2.57 bits per heavy atom. The van der Waals surface area contributed by atoms with Crippen LogP contribution in [-0.4, -0.2) is 18.5 Å². The molecule has 3 rings (SSSR count). The smallest absolute Gasteiger partial charge is 0.319 e. The van der Waals surface area contributed by atoms with E-state index in [4.69, 9.17) is 0 Å². The molecule has 0 aliphatic heterocycles. The number of carbonyl (C=O) groups excluding carboxylic acids is 2. The number of carbonyl (C=O) groups is 2. The molecule has 0 saturated heterocycles. The molecule has 0 bridgehead atoms. The highest BCUT2D eigenvalue weighted by molar-refractivity contribution is 5.96. The average Bonchev–Trinajstić information content (AvgIpc) is 3.33. The van der Waals surface area contributed by atoms with Gasteiger partial charge in [-0.1, -0.05) is 6.07 Å². The molecule has 3 N–H and O–H groups in total. The second-order valence-corrected chi connectivity index (χ2v) is 6.07. The topological polar surface area (TPSA) is 70.2 Å². The molecular formula is C16H21N3O2. The minimum Gasteiger partial charge on any atom is -0.338 e. The molecule has 3 amide bonds. The van der Waals surface area contributed by atoms with Crippen LogP contribution in [0.25, 0.3) is 0 Å². The predicted octanol–water partition coefficient (Wildman–Crippen LogP) is 2.88. The molecule has 5 nitrogen and oxygen atoms in total. The largest absolute Gasteiger partial charge is 0.338 e. The SMILES string of the molecule is Cc1ccc(NC(=O)C2CC2)cc1NC(=O)NCC1CC1. The van der Waals surface area contributed by atoms with Crippen LogP contribution >= 0.6 is 0 Å². The summed E-state index contributed by atoms with van der Waals surface area (Å²) < 4.78 is 0. The van der Waals surface area contributed by atoms with Crippen molar-refractivity contribution in [3.8, 4) is 0 Å². The molecule has 1 aromatic carbocycles. The summed E-state index contributed by atoms with van der Waals surface area (Å²) in [7, 11) is 0. The van der Waals surface area contributed by atoms with Crippen molar-refractivity contribution < 1.29 is 9.59 Å². The van der Waals surface area contributed by atoms with Gasteiger partial charge in [-0.05, 0) is 56.2 Å². The number of rotatable bonds is 5. The van der Waals surface area contributed by atoms with E-state index in [0.717, 1.165) is 36.3 Å². The lowest BCUT2D eigenvalue weighted by Gasteiger charge is -2.12. The Labute approximate surface area is 124 Å². The van der Waals surface area contributed by atoms with Gasteiger partial charge in [-0.2, -0.15) is 0 Å². The number of anilines is 2. The van der Waals surface area contributed by atoms with Crippen molar-refractivity contribution >= 4 is 23.3 Å². The van der Waals surface area contributed by atoms with Crippen molar-refractivity contribution in [2.75, 3.05) is 17.2 Å². The molecule has 0 spiro atoms. The van der Waals surface area contributed by atoms with E-state index in [1.165, 1.54) is 12.8 Å². The molecule has 1 aromatic rings. The monoisotopic (exact) mass is 287 g/mol. The summed E-state index contributed by atoms with van der Waals surface area (Å²) >= 11 is 0.